The van der Waals surface area contributed by atoms with Crippen LogP contribution in [-0.2, 0) is 30.2 Å². The first-order valence-corrected chi connectivity index (χ1v) is 8.62. The highest BCUT2D eigenvalue weighted by atomic mass is 32.2. The minimum atomic E-state index is -3.58. The first-order valence-electron chi connectivity index (χ1n) is 7.18. The van der Waals surface area contributed by atoms with Crippen LogP contribution in [0.5, 0.6) is 0 Å². The zero-order chi connectivity index (χ0) is 16.7. The monoisotopic (exact) mass is 325 g/mol. The van der Waals surface area contributed by atoms with Gasteiger partial charge in [0.15, 0.2) is 0 Å². The molecule has 0 aliphatic rings. The fraction of sp³-hybridized carbons (Fsp3) is 0.571. The molecule has 2 heterocycles. The molecule has 0 saturated carbocycles. The van der Waals surface area contributed by atoms with E-state index in [0.29, 0.717) is 17.9 Å². The van der Waals surface area contributed by atoms with Crippen molar-refractivity contribution < 1.29 is 8.42 Å². The minimum absolute atomic E-state index is 0.290. The van der Waals surface area contributed by atoms with Crippen LogP contribution in [0.15, 0.2) is 11.1 Å². The largest absolute Gasteiger partial charge is 0.272 e. The van der Waals surface area contributed by atoms with Crippen LogP contribution in [0.3, 0.4) is 0 Å². The van der Waals surface area contributed by atoms with Gasteiger partial charge in [0.25, 0.3) is 0 Å². The normalized spacial score (nSPS) is 12.3. The Labute approximate surface area is 131 Å². The quantitative estimate of drug-likeness (QED) is 0.832. The number of hydrogen-bond acceptors (Lipinski definition) is 4. The maximum absolute atomic E-state index is 12.8. The molecule has 0 saturated heterocycles. The highest BCUT2D eigenvalue weighted by Crippen LogP contribution is 2.23. The van der Waals surface area contributed by atoms with Gasteiger partial charge in [-0.1, -0.05) is 0 Å². The number of sulfonamides is 1. The van der Waals surface area contributed by atoms with E-state index in [1.807, 2.05) is 24.7 Å². The van der Waals surface area contributed by atoms with Gasteiger partial charge in [0, 0.05) is 38.9 Å². The molecule has 0 fully saturated rings. The van der Waals surface area contributed by atoms with Gasteiger partial charge in [-0.25, -0.2) is 8.42 Å². The van der Waals surface area contributed by atoms with Crippen molar-refractivity contribution in [2.75, 3.05) is 7.05 Å². The van der Waals surface area contributed by atoms with Crippen LogP contribution in [0.2, 0.25) is 0 Å². The summed E-state index contributed by atoms with van der Waals surface area (Å²) < 4.78 is 30.4. The molecule has 0 amide bonds. The van der Waals surface area contributed by atoms with Crippen LogP contribution in [-0.4, -0.2) is 39.3 Å². The number of nitrogens with zero attached hydrogens (tertiary/aromatic N) is 5. The predicted molar refractivity (Wildman–Crippen MR) is 84.0 cm³/mol. The van der Waals surface area contributed by atoms with Gasteiger partial charge >= 0.3 is 0 Å². The summed E-state index contributed by atoms with van der Waals surface area (Å²) in [5.41, 5.74) is 2.92. The van der Waals surface area contributed by atoms with Gasteiger partial charge in [-0.15, -0.1) is 0 Å². The van der Waals surface area contributed by atoms with Crippen molar-refractivity contribution >= 4 is 10.0 Å². The molecule has 0 bridgehead atoms. The predicted octanol–water partition coefficient (Wildman–Crippen LogP) is 1.38. The second kappa shape index (κ2) is 5.85. The molecule has 0 aliphatic carbocycles. The Hall–Kier alpha value is -1.67. The first-order chi connectivity index (χ1) is 10.2. The molecule has 2 aromatic rings. The summed E-state index contributed by atoms with van der Waals surface area (Å²) in [6.45, 7) is 8.43. The first kappa shape index (κ1) is 16.7. The number of hydrogen-bond donors (Lipinski definition) is 0. The summed E-state index contributed by atoms with van der Waals surface area (Å²) in [5, 5.41) is 8.55. The number of rotatable bonds is 5. The van der Waals surface area contributed by atoms with Crippen molar-refractivity contribution in [2.24, 2.45) is 7.05 Å². The van der Waals surface area contributed by atoms with Crippen molar-refractivity contribution in [3.05, 3.63) is 28.8 Å². The summed E-state index contributed by atoms with van der Waals surface area (Å²) in [4.78, 5) is 0.290. The Bertz CT molecular complexity index is 789. The van der Waals surface area contributed by atoms with E-state index in [1.54, 1.807) is 32.6 Å². The maximum Gasteiger partial charge on any atom is 0.246 e. The van der Waals surface area contributed by atoms with Crippen molar-refractivity contribution in [3.63, 3.8) is 0 Å². The van der Waals surface area contributed by atoms with Gasteiger partial charge < -0.3 is 0 Å². The third kappa shape index (κ3) is 2.80. The van der Waals surface area contributed by atoms with Crippen molar-refractivity contribution in [1.29, 1.82) is 0 Å². The van der Waals surface area contributed by atoms with E-state index in [1.165, 1.54) is 4.31 Å². The smallest absolute Gasteiger partial charge is 0.246 e. The molecule has 0 radical (unpaired) electrons. The Morgan fingerprint density at radius 3 is 2.27 bits per heavy atom. The zero-order valence-electron chi connectivity index (χ0n) is 14.0. The molecule has 7 nitrogen and oxygen atoms in total. The van der Waals surface area contributed by atoms with E-state index < -0.39 is 10.0 Å². The summed E-state index contributed by atoms with van der Waals surface area (Å²) in [5.74, 6) is 0. The molecule has 0 unspecified atom stereocenters. The van der Waals surface area contributed by atoms with Crippen molar-refractivity contribution in [1.82, 2.24) is 23.9 Å². The fourth-order valence-electron chi connectivity index (χ4n) is 2.48. The van der Waals surface area contributed by atoms with Gasteiger partial charge in [0.2, 0.25) is 10.0 Å². The number of aromatic nitrogens is 4. The van der Waals surface area contributed by atoms with Gasteiger partial charge in [-0.3, -0.25) is 9.36 Å². The average molecular weight is 325 g/mol. The molecule has 0 aliphatic heterocycles. The summed E-state index contributed by atoms with van der Waals surface area (Å²) in [6.07, 6.45) is 1.89. The lowest BCUT2D eigenvalue weighted by Gasteiger charge is -2.17. The van der Waals surface area contributed by atoms with Crippen LogP contribution < -0.4 is 0 Å². The van der Waals surface area contributed by atoms with E-state index in [-0.39, 0.29) is 4.90 Å². The van der Waals surface area contributed by atoms with Crippen LogP contribution in [0.4, 0.5) is 0 Å². The molecule has 122 valence electrons. The lowest BCUT2D eigenvalue weighted by Crippen LogP contribution is -2.27. The topological polar surface area (TPSA) is 73.0 Å². The van der Waals surface area contributed by atoms with E-state index in [4.69, 9.17) is 0 Å². The zero-order valence-corrected chi connectivity index (χ0v) is 14.8. The molecular weight excluding hydrogens is 302 g/mol. The third-order valence-corrected chi connectivity index (χ3v) is 5.93. The minimum Gasteiger partial charge on any atom is -0.272 e. The van der Waals surface area contributed by atoms with Crippen LogP contribution in [0, 0.1) is 20.8 Å². The van der Waals surface area contributed by atoms with Crippen molar-refractivity contribution in [2.45, 2.75) is 45.7 Å². The molecule has 0 aromatic carbocycles. The van der Waals surface area contributed by atoms with E-state index >= 15 is 0 Å². The average Bonchev–Trinajstić information content (AvgIpc) is 2.90. The Balaban J connectivity index is 2.35. The van der Waals surface area contributed by atoms with E-state index in [0.717, 1.165) is 17.8 Å². The van der Waals surface area contributed by atoms with E-state index in [9.17, 15) is 8.42 Å². The SMILES string of the molecule is CCn1cc(CN(C)S(=O)(=O)c2c(C)nn(C)c2C)c(C)n1. The highest BCUT2D eigenvalue weighted by molar-refractivity contribution is 7.89. The molecule has 2 aromatic heterocycles. The second-order valence-electron chi connectivity index (χ2n) is 5.48. The number of aryl methyl sites for hydroxylation is 4. The lowest BCUT2D eigenvalue weighted by atomic mass is 10.3. The molecule has 22 heavy (non-hydrogen) atoms. The Morgan fingerprint density at radius 2 is 1.82 bits per heavy atom. The fourth-order valence-corrected chi connectivity index (χ4v) is 4.02. The van der Waals surface area contributed by atoms with Crippen LogP contribution in [0.1, 0.15) is 29.6 Å². The maximum atomic E-state index is 12.8. The Morgan fingerprint density at radius 1 is 1.18 bits per heavy atom. The molecule has 0 N–H and O–H groups in total. The highest BCUT2D eigenvalue weighted by Gasteiger charge is 2.28. The van der Waals surface area contributed by atoms with Gasteiger partial charge in [0.05, 0.1) is 17.1 Å². The van der Waals surface area contributed by atoms with Crippen LogP contribution >= 0.6 is 0 Å². The van der Waals surface area contributed by atoms with Crippen molar-refractivity contribution in [3.8, 4) is 0 Å². The third-order valence-electron chi connectivity index (χ3n) is 3.88. The standard InChI is InChI=1S/C14H23N5O2S/c1-7-19-9-13(10(2)16-19)8-17(5)22(20,21)14-11(3)15-18(6)12(14)4/h9H,7-8H2,1-6H3. The molecule has 2 rings (SSSR count). The van der Waals surface area contributed by atoms with Gasteiger partial charge in [-0.2, -0.15) is 14.5 Å². The summed E-state index contributed by atoms with van der Waals surface area (Å²) in [7, 11) is -0.245. The van der Waals surface area contributed by atoms with Crippen LogP contribution in [0.25, 0.3) is 0 Å². The molecule has 0 atom stereocenters. The summed E-state index contributed by atoms with van der Waals surface area (Å²) >= 11 is 0. The molecule has 8 heteroatoms. The van der Waals surface area contributed by atoms with Gasteiger partial charge in [-0.05, 0) is 27.7 Å². The second-order valence-corrected chi connectivity index (χ2v) is 7.46. The molecule has 0 spiro atoms. The summed E-state index contributed by atoms with van der Waals surface area (Å²) in [6, 6.07) is 0. The Kier molecular flexibility index (Phi) is 4.44. The molecular formula is C14H23N5O2S. The van der Waals surface area contributed by atoms with Gasteiger partial charge in [0.1, 0.15) is 4.90 Å². The lowest BCUT2D eigenvalue weighted by molar-refractivity contribution is 0.464. The van der Waals surface area contributed by atoms with E-state index in [2.05, 4.69) is 10.2 Å².